The van der Waals surface area contributed by atoms with Crippen molar-refractivity contribution in [3.05, 3.63) is 0 Å². The molecular formula is C15H30N2O. The molecule has 0 spiro atoms. The van der Waals surface area contributed by atoms with E-state index < -0.39 is 0 Å². The minimum absolute atomic E-state index is 0.0938. The fourth-order valence-corrected chi connectivity index (χ4v) is 3.62. The van der Waals surface area contributed by atoms with Gasteiger partial charge in [0.1, 0.15) is 0 Å². The smallest absolute Gasteiger partial charge is 0.0761 e. The first-order valence-corrected chi connectivity index (χ1v) is 7.19. The van der Waals surface area contributed by atoms with E-state index in [-0.39, 0.29) is 16.7 Å². The van der Waals surface area contributed by atoms with Gasteiger partial charge in [-0.25, -0.2) is 0 Å². The molecule has 1 saturated carbocycles. The van der Waals surface area contributed by atoms with E-state index >= 15 is 0 Å². The van der Waals surface area contributed by atoms with E-state index in [1.807, 2.05) is 0 Å². The molecule has 1 unspecified atom stereocenters. The molecule has 2 rings (SSSR count). The Hall–Kier alpha value is -0.120. The summed E-state index contributed by atoms with van der Waals surface area (Å²) in [5, 5.41) is 0. The molecule has 18 heavy (non-hydrogen) atoms. The summed E-state index contributed by atoms with van der Waals surface area (Å²) in [7, 11) is 0. The quantitative estimate of drug-likeness (QED) is 0.840. The van der Waals surface area contributed by atoms with Crippen molar-refractivity contribution in [2.75, 3.05) is 19.6 Å². The van der Waals surface area contributed by atoms with Gasteiger partial charge >= 0.3 is 0 Å². The minimum atomic E-state index is -0.0938. The summed E-state index contributed by atoms with van der Waals surface area (Å²) in [6.45, 7) is 16.2. The highest BCUT2D eigenvalue weighted by Gasteiger charge is 2.57. The molecule has 1 heterocycles. The molecule has 1 saturated heterocycles. The second kappa shape index (κ2) is 3.94. The van der Waals surface area contributed by atoms with Gasteiger partial charge in [0.05, 0.1) is 11.2 Å². The van der Waals surface area contributed by atoms with Crippen molar-refractivity contribution in [3.8, 4) is 0 Å². The van der Waals surface area contributed by atoms with E-state index in [0.29, 0.717) is 5.41 Å². The number of morpholine rings is 1. The van der Waals surface area contributed by atoms with E-state index in [2.05, 4.69) is 46.4 Å². The first-order valence-electron chi connectivity index (χ1n) is 7.19. The highest BCUT2D eigenvalue weighted by Crippen LogP contribution is 2.56. The zero-order chi connectivity index (χ0) is 13.8. The third-order valence-corrected chi connectivity index (χ3v) is 5.09. The van der Waals surface area contributed by atoms with Gasteiger partial charge in [0.25, 0.3) is 0 Å². The molecule has 2 aliphatic rings. The van der Waals surface area contributed by atoms with Crippen molar-refractivity contribution in [2.45, 2.75) is 71.1 Å². The number of ether oxygens (including phenoxy) is 1. The average Bonchev–Trinajstić information content (AvgIpc) is 2.92. The van der Waals surface area contributed by atoms with Gasteiger partial charge in [-0.05, 0) is 52.9 Å². The lowest BCUT2D eigenvalue weighted by atomic mass is 9.79. The predicted molar refractivity (Wildman–Crippen MR) is 75.6 cm³/mol. The standard InChI is InChI=1S/C15H30N2O/c1-12(2)10-17(11-13(3,4)18-12)15(6,9-16)14(5)7-8-14/h7-11,16H2,1-6H3. The summed E-state index contributed by atoms with van der Waals surface area (Å²) in [6, 6.07) is 0. The fourth-order valence-electron chi connectivity index (χ4n) is 3.62. The number of hydrogen-bond donors (Lipinski definition) is 1. The normalized spacial score (nSPS) is 32.8. The third-order valence-electron chi connectivity index (χ3n) is 5.09. The lowest BCUT2D eigenvalue weighted by molar-refractivity contribution is -0.203. The predicted octanol–water partition coefficient (Wildman–Crippen LogP) is 2.39. The Kier molecular flexibility index (Phi) is 3.13. The summed E-state index contributed by atoms with van der Waals surface area (Å²) in [5.74, 6) is 0. The van der Waals surface area contributed by atoms with Crippen LogP contribution in [0.5, 0.6) is 0 Å². The van der Waals surface area contributed by atoms with Crippen molar-refractivity contribution in [2.24, 2.45) is 11.1 Å². The van der Waals surface area contributed by atoms with Gasteiger partial charge in [-0.15, -0.1) is 0 Å². The molecule has 3 heteroatoms. The molecule has 106 valence electrons. The maximum Gasteiger partial charge on any atom is 0.0761 e. The molecule has 1 atom stereocenters. The summed E-state index contributed by atoms with van der Waals surface area (Å²) < 4.78 is 6.18. The van der Waals surface area contributed by atoms with Crippen LogP contribution < -0.4 is 5.73 Å². The van der Waals surface area contributed by atoms with E-state index in [1.54, 1.807) is 0 Å². The molecule has 0 aromatic heterocycles. The summed E-state index contributed by atoms with van der Waals surface area (Å²) in [4.78, 5) is 2.59. The molecule has 0 radical (unpaired) electrons. The molecule has 0 aromatic rings. The van der Waals surface area contributed by atoms with Gasteiger partial charge in [-0.2, -0.15) is 0 Å². The molecule has 1 aliphatic carbocycles. The second-order valence-corrected chi connectivity index (χ2v) is 8.02. The molecule has 0 amide bonds. The molecule has 0 aromatic carbocycles. The lowest BCUT2D eigenvalue weighted by Crippen LogP contribution is -2.67. The monoisotopic (exact) mass is 254 g/mol. The van der Waals surface area contributed by atoms with Crippen molar-refractivity contribution in [1.29, 1.82) is 0 Å². The van der Waals surface area contributed by atoms with Crippen LogP contribution in [0.25, 0.3) is 0 Å². The van der Waals surface area contributed by atoms with Gasteiger partial charge in [0, 0.05) is 25.2 Å². The van der Waals surface area contributed by atoms with Crippen LogP contribution in [0.3, 0.4) is 0 Å². The largest absolute Gasteiger partial charge is 0.367 e. The van der Waals surface area contributed by atoms with E-state index in [0.717, 1.165) is 19.6 Å². The van der Waals surface area contributed by atoms with Crippen molar-refractivity contribution in [3.63, 3.8) is 0 Å². The van der Waals surface area contributed by atoms with E-state index in [9.17, 15) is 0 Å². The number of nitrogens with zero attached hydrogens (tertiary/aromatic N) is 1. The van der Waals surface area contributed by atoms with Gasteiger partial charge in [-0.1, -0.05) is 6.92 Å². The highest BCUT2D eigenvalue weighted by atomic mass is 16.5. The maximum absolute atomic E-state index is 6.18. The van der Waals surface area contributed by atoms with Crippen LogP contribution in [0.15, 0.2) is 0 Å². The Morgan fingerprint density at radius 2 is 1.50 bits per heavy atom. The molecule has 2 fully saturated rings. The van der Waals surface area contributed by atoms with Crippen LogP contribution in [0.1, 0.15) is 54.4 Å². The first kappa shape index (κ1) is 14.3. The van der Waals surface area contributed by atoms with Crippen LogP contribution in [0.4, 0.5) is 0 Å². The van der Waals surface area contributed by atoms with Crippen LogP contribution in [-0.2, 0) is 4.74 Å². The van der Waals surface area contributed by atoms with Crippen LogP contribution >= 0.6 is 0 Å². The number of hydrogen-bond acceptors (Lipinski definition) is 3. The molecule has 2 N–H and O–H groups in total. The zero-order valence-electron chi connectivity index (χ0n) is 13.0. The second-order valence-electron chi connectivity index (χ2n) is 8.02. The van der Waals surface area contributed by atoms with Gasteiger partial charge in [-0.3, -0.25) is 4.90 Å². The van der Waals surface area contributed by atoms with Crippen LogP contribution in [0.2, 0.25) is 0 Å². The van der Waals surface area contributed by atoms with Crippen LogP contribution in [-0.4, -0.2) is 41.3 Å². The molecular weight excluding hydrogens is 224 g/mol. The zero-order valence-corrected chi connectivity index (χ0v) is 13.0. The Morgan fingerprint density at radius 3 is 1.83 bits per heavy atom. The molecule has 3 nitrogen and oxygen atoms in total. The number of nitrogens with two attached hydrogens (primary N) is 1. The van der Waals surface area contributed by atoms with Gasteiger partial charge in [0.15, 0.2) is 0 Å². The van der Waals surface area contributed by atoms with Gasteiger partial charge in [0.2, 0.25) is 0 Å². The van der Waals surface area contributed by atoms with E-state index in [4.69, 9.17) is 10.5 Å². The SMILES string of the molecule is CC1(C)CN(C(C)(CN)C2(C)CC2)CC(C)(C)O1. The Bertz CT molecular complexity index is 317. The highest BCUT2D eigenvalue weighted by molar-refractivity contribution is 5.11. The summed E-state index contributed by atoms with van der Waals surface area (Å²) in [6.07, 6.45) is 2.61. The van der Waals surface area contributed by atoms with Crippen molar-refractivity contribution >= 4 is 0 Å². The Labute approximate surface area is 112 Å². The van der Waals surface area contributed by atoms with Crippen LogP contribution in [0, 0.1) is 5.41 Å². The maximum atomic E-state index is 6.18. The average molecular weight is 254 g/mol. The summed E-state index contributed by atoms with van der Waals surface area (Å²) in [5.41, 5.74) is 6.47. The summed E-state index contributed by atoms with van der Waals surface area (Å²) >= 11 is 0. The minimum Gasteiger partial charge on any atom is -0.367 e. The molecule has 1 aliphatic heterocycles. The van der Waals surface area contributed by atoms with Gasteiger partial charge < -0.3 is 10.5 Å². The lowest BCUT2D eigenvalue weighted by Gasteiger charge is -2.55. The third kappa shape index (κ3) is 2.33. The number of rotatable bonds is 3. The van der Waals surface area contributed by atoms with Crippen molar-refractivity contribution in [1.82, 2.24) is 4.90 Å². The Morgan fingerprint density at radius 1 is 1.06 bits per heavy atom. The first-order chi connectivity index (χ1) is 8.04. The molecule has 0 bridgehead atoms. The topological polar surface area (TPSA) is 38.5 Å². The fraction of sp³-hybridized carbons (Fsp3) is 1.00. The van der Waals surface area contributed by atoms with Crippen molar-refractivity contribution < 1.29 is 4.74 Å². The van der Waals surface area contributed by atoms with E-state index in [1.165, 1.54) is 12.8 Å². The Balaban J connectivity index is 2.26.